The molecule has 1 aliphatic rings. The number of ether oxygens (including phenoxy) is 1. The van der Waals surface area contributed by atoms with Crippen LogP contribution in [0.15, 0.2) is 6.20 Å². The van der Waals surface area contributed by atoms with E-state index in [4.69, 9.17) is 15.6 Å². The molecule has 1 saturated heterocycles. The van der Waals surface area contributed by atoms with Crippen LogP contribution in [0.25, 0.3) is 0 Å². The van der Waals surface area contributed by atoms with Crippen molar-refractivity contribution in [3.8, 4) is 0 Å². The first kappa shape index (κ1) is 11.9. The van der Waals surface area contributed by atoms with Crippen LogP contribution in [0.2, 0.25) is 0 Å². The molecule has 9 nitrogen and oxygen atoms in total. The third-order valence-electron chi connectivity index (χ3n) is 2.50. The fourth-order valence-electron chi connectivity index (χ4n) is 1.56. The molecule has 1 amide bonds. The summed E-state index contributed by atoms with van der Waals surface area (Å²) in [5.41, 5.74) is 4.98. The van der Waals surface area contributed by atoms with E-state index in [1.54, 1.807) is 0 Å². The molecule has 0 aromatic carbocycles. The van der Waals surface area contributed by atoms with E-state index in [0.29, 0.717) is 0 Å². The predicted octanol–water partition coefficient (Wildman–Crippen LogP) is -3.18. The van der Waals surface area contributed by atoms with Gasteiger partial charge in [-0.2, -0.15) is 0 Å². The predicted molar refractivity (Wildman–Crippen MR) is 51.4 cm³/mol. The molecule has 1 unspecified atom stereocenters. The van der Waals surface area contributed by atoms with Crippen LogP contribution in [0.3, 0.4) is 0 Å². The molecule has 5 N–H and O–H groups in total. The third kappa shape index (κ3) is 2.26. The molecule has 2 rings (SSSR count). The maximum Gasteiger partial charge on any atom is 0.270 e. The second-order valence-corrected chi connectivity index (χ2v) is 3.74. The zero-order chi connectivity index (χ0) is 12.6. The van der Waals surface area contributed by atoms with Crippen LogP contribution in [0.1, 0.15) is 10.5 Å². The maximum absolute atomic E-state index is 10.8. The second kappa shape index (κ2) is 4.37. The first-order valence-electron chi connectivity index (χ1n) is 4.88. The minimum atomic E-state index is -1.44. The van der Waals surface area contributed by atoms with Crippen molar-refractivity contribution in [2.75, 3.05) is 0 Å². The first-order valence-corrected chi connectivity index (χ1v) is 4.88. The second-order valence-electron chi connectivity index (χ2n) is 3.74. The summed E-state index contributed by atoms with van der Waals surface area (Å²) in [5.74, 6) is -0.718. The van der Waals surface area contributed by atoms with Gasteiger partial charge >= 0.3 is 0 Å². The summed E-state index contributed by atoms with van der Waals surface area (Å²) < 4.78 is 6.15. The van der Waals surface area contributed by atoms with Gasteiger partial charge in [0.05, 0.1) is 12.7 Å². The van der Waals surface area contributed by atoms with Crippen molar-refractivity contribution in [1.82, 2.24) is 15.0 Å². The standard InChI is InChI=1S/C8H12N4O5/c9-7(15)3-1-12(11-10-3)2-4-5(13)6(14)8(16)17-4/h1,4-6,8,13-14,16H,2H2,(H2,9,15)/t4-,5+,6-,8?/m1/s1. The van der Waals surface area contributed by atoms with Gasteiger partial charge in [0.25, 0.3) is 5.91 Å². The van der Waals surface area contributed by atoms with Crippen molar-refractivity contribution in [1.29, 1.82) is 0 Å². The average Bonchev–Trinajstić information content (AvgIpc) is 2.82. The Morgan fingerprint density at radius 2 is 2.18 bits per heavy atom. The number of nitrogens with two attached hydrogens (primary N) is 1. The molecule has 0 saturated carbocycles. The smallest absolute Gasteiger partial charge is 0.270 e. The summed E-state index contributed by atoms with van der Waals surface area (Å²) in [6.45, 7) is 0.0373. The minimum Gasteiger partial charge on any atom is -0.387 e. The van der Waals surface area contributed by atoms with E-state index in [9.17, 15) is 15.0 Å². The normalized spacial score (nSPS) is 32.9. The van der Waals surface area contributed by atoms with E-state index in [0.717, 1.165) is 0 Å². The largest absolute Gasteiger partial charge is 0.387 e. The van der Waals surface area contributed by atoms with Gasteiger partial charge in [-0.15, -0.1) is 5.10 Å². The van der Waals surface area contributed by atoms with Gasteiger partial charge in [-0.3, -0.25) is 4.79 Å². The van der Waals surface area contributed by atoms with Gasteiger partial charge in [0.1, 0.15) is 18.3 Å². The van der Waals surface area contributed by atoms with E-state index in [-0.39, 0.29) is 12.2 Å². The van der Waals surface area contributed by atoms with Crippen LogP contribution in [0.5, 0.6) is 0 Å². The van der Waals surface area contributed by atoms with Gasteiger partial charge < -0.3 is 25.8 Å². The quantitative estimate of drug-likeness (QED) is 0.438. The molecule has 94 valence electrons. The highest BCUT2D eigenvalue weighted by Crippen LogP contribution is 2.20. The van der Waals surface area contributed by atoms with Crippen LogP contribution in [0.4, 0.5) is 0 Å². The molecule has 0 bridgehead atoms. The number of carbonyl (C=O) groups is 1. The Balaban J connectivity index is 2.03. The highest BCUT2D eigenvalue weighted by atomic mass is 16.6. The van der Waals surface area contributed by atoms with Gasteiger partial charge in [-0.1, -0.05) is 5.21 Å². The Morgan fingerprint density at radius 3 is 2.65 bits per heavy atom. The lowest BCUT2D eigenvalue weighted by molar-refractivity contribution is -0.129. The van der Waals surface area contributed by atoms with Gasteiger partial charge in [0, 0.05) is 0 Å². The molecular weight excluding hydrogens is 232 g/mol. The SMILES string of the molecule is NC(=O)c1cn(C[C@H]2OC(O)[C@H](O)[C@H]2O)nn1. The number of primary amides is 1. The molecule has 17 heavy (non-hydrogen) atoms. The fourth-order valence-corrected chi connectivity index (χ4v) is 1.56. The molecule has 1 aromatic heterocycles. The van der Waals surface area contributed by atoms with Crippen molar-refractivity contribution in [2.45, 2.75) is 31.1 Å². The Labute approximate surface area is 95.4 Å². The highest BCUT2D eigenvalue weighted by Gasteiger charge is 2.41. The number of nitrogens with zero attached hydrogens (tertiary/aromatic N) is 3. The van der Waals surface area contributed by atoms with E-state index in [1.165, 1.54) is 10.9 Å². The van der Waals surface area contributed by atoms with Crippen LogP contribution in [-0.4, -0.2) is 60.8 Å². The van der Waals surface area contributed by atoms with E-state index < -0.39 is 30.5 Å². The lowest BCUT2D eigenvalue weighted by Crippen LogP contribution is -2.34. The van der Waals surface area contributed by atoms with Crippen LogP contribution in [-0.2, 0) is 11.3 Å². The number of aromatic nitrogens is 3. The molecule has 0 radical (unpaired) electrons. The Bertz CT molecular complexity index is 422. The van der Waals surface area contributed by atoms with Crippen molar-refractivity contribution in [3.05, 3.63) is 11.9 Å². The number of aliphatic hydroxyl groups is 3. The Morgan fingerprint density at radius 1 is 1.47 bits per heavy atom. The van der Waals surface area contributed by atoms with Gasteiger partial charge in [0.15, 0.2) is 12.0 Å². The summed E-state index contributed by atoms with van der Waals surface area (Å²) in [4.78, 5) is 10.8. The van der Waals surface area contributed by atoms with E-state index in [2.05, 4.69) is 10.3 Å². The zero-order valence-corrected chi connectivity index (χ0v) is 8.67. The summed E-state index contributed by atoms with van der Waals surface area (Å²) in [5, 5.41) is 35.0. The number of carbonyl (C=O) groups excluding carboxylic acids is 1. The van der Waals surface area contributed by atoms with Crippen molar-refractivity contribution in [3.63, 3.8) is 0 Å². The maximum atomic E-state index is 10.8. The lowest BCUT2D eigenvalue weighted by Gasteiger charge is -2.13. The van der Waals surface area contributed by atoms with Crippen molar-refractivity contribution >= 4 is 5.91 Å². The zero-order valence-electron chi connectivity index (χ0n) is 8.67. The highest BCUT2D eigenvalue weighted by molar-refractivity contribution is 5.90. The molecule has 1 fully saturated rings. The molecule has 1 aliphatic heterocycles. The third-order valence-corrected chi connectivity index (χ3v) is 2.50. The first-order chi connectivity index (χ1) is 7.99. The fraction of sp³-hybridized carbons (Fsp3) is 0.625. The molecular formula is C8H12N4O5. The van der Waals surface area contributed by atoms with Gasteiger partial charge in [-0.05, 0) is 0 Å². The number of amides is 1. The molecule has 9 heteroatoms. The lowest BCUT2D eigenvalue weighted by atomic mass is 10.1. The van der Waals surface area contributed by atoms with Crippen LogP contribution in [0, 0.1) is 0 Å². The molecule has 4 atom stereocenters. The number of hydrogen-bond acceptors (Lipinski definition) is 7. The monoisotopic (exact) mass is 244 g/mol. The molecule has 0 spiro atoms. The summed E-state index contributed by atoms with van der Waals surface area (Å²) in [6, 6.07) is 0. The van der Waals surface area contributed by atoms with E-state index in [1.807, 2.05) is 0 Å². The topological polar surface area (TPSA) is 144 Å². The molecule has 2 heterocycles. The number of rotatable bonds is 3. The van der Waals surface area contributed by atoms with Gasteiger partial charge in [-0.25, -0.2) is 4.68 Å². The summed E-state index contributed by atoms with van der Waals surface area (Å²) in [7, 11) is 0. The van der Waals surface area contributed by atoms with Gasteiger partial charge in [0.2, 0.25) is 0 Å². The number of hydrogen-bond donors (Lipinski definition) is 4. The Hall–Kier alpha value is -1.55. The molecule has 0 aliphatic carbocycles. The van der Waals surface area contributed by atoms with Crippen molar-refractivity contribution < 1.29 is 24.9 Å². The van der Waals surface area contributed by atoms with Crippen LogP contribution >= 0.6 is 0 Å². The van der Waals surface area contributed by atoms with Crippen LogP contribution < -0.4 is 5.73 Å². The number of aliphatic hydroxyl groups excluding tert-OH is 3. The van der Waals surface area contributed by atoms with Crippen molar-refractivity contribution in [2.24, 2.45) is 5.73 Å². The summed E-state index contributed by atoms with van der Waals surface area (Å²) in [6.07, 6.45) is -3.57. The molecule has 1 aromatic rings. The summed E-state index contributed by atoms with van der Waals surface area (Å²) >= 11 is 0. The minimum absolute atomic E-state index is 0.0152. The van der Waals surface area contributed by atoms with E-state index >= 15 is 0 Å². The average molecular weight is 244 g/mol. The Kier molecular flexibility index (Phi) is 3.07.